The monoisotopic (exact) mass is 431 g/mol. The highest BCUT2D eigenvalue weighted by Gasteiger charge is 2.39. The second-order valence-electron chi connectivity index (χ2n) is 6.83. The van der Waals surface area contributed by atoms with Crippen molar-refractivity contribution in [3.05, 3.63) is 65.9 Å². The first-order valence-electron chi connectivity index (χ1n) is 9.14. The van der Waals surface area contributed by atoms with Gasteiger partial charge in [-0.2, -0.15) is 18.2 Å². The number of hydrogen-bond donors (Lipinski definition) is 2. The van der Waals surface area contributed by atoms with Crippen molar-refractivity contribution < 1.29 is 27.6 Å². The number of nitrogens with zero attached hydrogens (tertiary/aromatic N) is 4. The van der Waals surface area contributed by atoms with Gasteiger partial charge in [0, 0.05) is 17.4 Å². The van der Waals surface area contributed by atoms with E-state index in [4.69, 9.17) is 9.63 Å². The van der Waals surface area contributed by atoms with Crippen molar-refractivity contribution in [1.29, 1.82) is 0 Å². The topological polar surface area (TPSA) is 106 Å². The third-order valence-electron chi connectivity index (χ3n) is 4.61. The molecule has 0 aliphatic heterocycles. The predicted molar refractivity (Wildman–Crippen MR) is 103 cm³/mol. The quantitative estimate of drug-likeness (QED) is 0.502. The molecule has 4 aromatic rings. The minimum absolute atomic E-state index is 0.0367. The van der Waals surface area contributed by atoms with E-state index in [0.29, 0.717) is 22.6 Å². The summed E-state index contributed by atoms with van der Waals surface area (Å²) >= 11 is 0. The Hall–Kier alpha value is -3.73. The van der Waals surface area contributed by atoms with Gasteiger partial charge in [-0.15, -0.1) is 0 Å². The summed E-state index contributed by atoms with van der Waals surface area (Å²) in [6, 6.07) is 10.3. The van der Waals surface area contributed by atoms with Crippen LogP contribution in [-0.4, -0.2) is 42.8 Å². The molecule has 0 saturated carbocycles. The molecule has 31 heavy (non-hydrogen) atoms. The van der Waals surface area contributed by atoms with Gasteiger partial charge in [-0.3, -0.25) is 9.20 Å². The summed E-state index contributed by atoms with van der Waals surface area (Å²) in [6.45, 7) is 1.79. The minimum atomic E-state index is -4.78. The first-order valence-corrected chi connectivity index (χ1v) is 9.14. The maximum atomic E-state index is 12.8. The molecule has 11 heteroatoms. The number of rotatable bonds is 5. The lowest BCUT2D eigenvalue weighted by molar-refractivity contribution is -0.204. The Morgan fingerprint density at radius 3 is 2.87 bits per heavy atom. The Morgan fingerprint density at radius 1 is 1.29 bits per heavy atom. The van der Waals surface area contributed by atoms with Crippen LogP contribution in [0.15, 0.2) is 53.3 Å². The molecule has 8 nitrogen and oxygen atoms in total. The zero-order valence-corrected chi connectivity index (χ0v) is 16.1. The van der Waals surface area contributed by atoms with E-state index in [0.717, 1.165) is 5.56 Å². The molecule has 1 aromatic carbocycles. The van der Waals surface area contributed by atoms with Gasteiger partial charge in [-0.1, -0.05) is 23.4 Å². The molecule has 0 bridgehead atoms. The average molecular weight is 431 g/mol. The van der Waals surface area contributed by atoms with Gasteiger partial charge in [0.1, 0.15) is 11.3 Å². The third-order valence-corrected chi connectivity index (χ3v) is 4.61. The molecule has 2 N–H and O–H groups in total. The van der Waals surface area contributed by atoms with E-state index in [1.807, 2.05) is 6.07 Å². The van der Waals surface area contributed by atoms with Crippen molar-refractivity contribution in [3.63, 3.8) is 0 Å². The van der Waals surface area contributed by atoms with Crippen LogP contribution in [0.1, 0.15) is 21.9 Å². The Kier molecular flexibility index (Phi) is 5.19. The van der Waals surface area contributed by atoms with Crippen LogP contribution < -0.4 is 5.32 Å². The van der Waals surface area contributed by atoms with E-state index in [1.54, 1.807) is 47.9 Å². The van der Waals surface area contributed by atoms with E-state index in [9.17, 15) is 18.0 Å². The number of pyridine rings is 1. The van der Waals surface area contributed by atoms with E-state index < -0.39 is 18.7 Å². The normalized spacial score (nSPS) is 12.8. The maximum Gasteiger partial charge on any atom is 0.414 e. The number of nitrogens with one attached hydrogen (secondary N) is 1. The van der Waals surface area contributed by atoms with Gasteiger partial charge < -0.3 is 14.9 Å². The largest absolute Gasteiger partial charge is 0.414 e. The SMILES string of the molecule is Cc1ccc(-c2noc(CC(O)C(F)(F)F)n2)cc1NC(=O)c1cnc2ccccn12. The number of fused-ring (bicyclic) bond motifs is 1. The Morgan fingerprint density at radius 2 is 2.10 bits per heavy atom. The molecular weight excluding hydrogens is 415 g/mol. The fourth-order valence-electron chi connectivity index (χ4n) is 2.92. The number of carbonyl (C=O) groups excluding carboxylic acids is 1. The summed E-state index contributed by atoms with van der Waals surface area (Å²) < 4.78 is 44.0. The first kappa shape index (κ1) is 20.5. The number of amides is 1. The third kappa shape index (κ3) is 4.26. The van der Waals surface area contributed by atoms with Crippen LogP contribution in [0.5, 0.6) is 0 Å². The molecule has 1 atom stereocenters. The van der Waals surface area contributed by atoms with E-state index in [1.165, 1.54) is 6.20 Å². The maximum absolute atomic E-state index is 12.8. The van der Waals surface area contributed by atoms with Gasteiger partial charge in [-0.25, -0.2) is 4.98 Å². The molecule has 0 aliphatic rings. The zero-order valence-electron chi connectivity index (χ0n) is 16.1. The second-order valence-corrected chi connectivity index (χ2v) is 6.83. The number of alkyl halides is 3. The van der Waals surface area contributed by atoms with Crippen LogP contribution in [-0.2, 0) is 6.42 Å². The lowest BCUT2D eigenvalue weighted by atomic mass is 10.1. The van der Waals surface area contributed by atoms with Crippen LogP contribution in [0, 0.1) is 6.92 Å². The molecule has 1 unspecified atom stereocenters. The van der Waals surface area contributed by atoms with Gasteiger partial charge in [0.15, 0.2) is 6.10 Å². The summed E-state index contributed by atoms with van der Waals surface area (Å²) in [6.07, 6.45) is -5.05. The van der Waals surface area contributed by atoms with E-state index >= 15 is 0 Å². The van der Waals surface area contributed by atoms with Crippen LogP contribution >= 0.6 is 0 Å². The Labute approximate surface area is 173 Å². The molecule has 1 amide bonds. The van der Waals surface area contributed by atoms with Crippen LogP contribution in [0.25, 0.3) is 17.0 Å². The summed E-state index contributed by atoms with van der Waals surface area (Å²) in [7, 11) is 0. The van der Waals surface area contributed by atoms with Crippen molar-refractivity contribution in [2.24, 2.45) is 0 Å². The number of carbonyl (C=O) groups is 1. The number of halogens is 3. The van der Waals surface area contributed by atoms with Crippen molar-refractivity contribution in [2.45, 2.75) is 25.6 Å². The van der Waals surface area contributed by atoms with Crippen molar-refractivity contribution >= 4 is 17.2 Å². The van der Waals surface area contributed by atoms with Crippen LogP contribution in [0.2, 0.25) is 0 Å². The van der Waals surface area contributed by atoms with Crippen molar-refractivity contribution in [1.82, 2.24) is 19.5 Å². The molecule has 3 heterocycles. The Bertz CT molecular complexity index is 1250. The molecule has 0 saturated heterocycles. The fourth-order valence-corrected chi connectivity index (χ4v) is 2.92. The minimum Gasteiger partial charge on any atom is -0.383 e. The highest BCUT2D eigenvalue weighted by molar-refractivity contribution is 6.04. The van der Waals surface area contributed by atoms with Gasteiger partial charge in [0.2, 0.25) is 11.7 Å². The average Bonchev–Trinajstić information content (AvgIpc) is 3.36. The highest BCUT2D eigenvalue weighted by atomic mass is 19.4. The van der Waals surface area contributed by atoms with E-state index in [2.05, 4.69) is 20.4 Å². The molecule has 4 rings (SSSR count). The van der Waals surface area contributed by atoms with Gasteiger partial charge in [-0.05, 0) is 30.7 Å². The standard InChI is InChI=1S/C20H16F3N5O3/c1-11-5-6-12(18-26-17(31-27-18)9-15(29)20(21,22)23)8-13(11)25-19(30)14-10-24-16-4-2-3-7-28(14)16/h2-8,10,15,29H,9H2,1H3,(H,25,30). The van der Waals surface area contributed by atoms with Gasteiger partial charge >= 0.3 is 6.18 Å². The number of anilines is 1. The number of benzene rings is 1. The fraction of sp³-hybridized carbons (Fsp3) is 0.200. The molecule has 0 radical (unpaired) electrons. The zero-order chi connectivity index (χ0) is 22.2. The molecule has 3 aromatic heterocycles. The number of aryl methyl sites for hydroxylation is 1. The van der Waals surface area contributed by atoms with Gasteiger partial charge in [0.25, 0.3) is 5.91 Å². The van der Waals surface area contributed by atoms with Crippen molar-refractivity contribution in [2.75, 3.05) is 5.32 Å². The number of aromatic nitrogens is 4. The van der Waals surface area contributed by atoms with Crippen LogP contribution in [0.4, 0.5) is 18.9 Å². The van der Waals surface area contributed by atoms with Gasteiger partial charge in [0.05, 0.1) is 12.6 Å². The molecular formula is C20H16F3N5O3. The lowest BCUT2D eigenvalue weighted by Crippen LogP contribution is -2.30. The molecule has 0 spiro atoms. The number of aliphatic hydroxyl groups excluding tert-OH is 1. The molecule has 160 valence electrons. The van der Waals surface area contributed by atoms with Crippen LogP contribution in [0.3, 0.4) is 0 Å². The molecule has 0 aliphatic carbocycles. The van der Waals surface area contributed by atoms with E-state index in [-0.39, 0.29) is 17.6 Å². The number of aliphatic hydroxyl groups is 1. The Balaban J connectivity index is 1.56. The predicted octanol–water partition coefficient (Wildman–Crippen LogP) is 3.41. The summed E-state index contributed by atoms with van der Waals surface area (Å²) in [5.41, 5.74) is 2.61. The number of imidazole rings is 1. The molecule has 0 fully saturated rings. The smallest absolute Gasteiger partial charge is 0.383 e. The summed E-state index contributed by atoms with van der Waals surface area (Å²) in [5.74, 6) is -0.701. The first-order chi connectivity index (χ1) is 14.7. The number of hydrogen-bond acceptors (Lipinski definition) is 6. The highest BCUT2D eigenvalue weighted by Crippen LogP contribution is 2.26. The second kappa shape index (κ2) is 7.84. The lowest BCUT2D eigenvalue weighted by Gasteiger charge is -2.11. The van der Waals surface area contributed by atoms with Crippen molar-refractivity contribution in [3.8, 4) is 11.4 Å². The summed E-state index contributed by atoms with van der Waals surface area (Å²) in [4.78, 5) is 20.8. The summed E-state index contributed by atoms with van der Waals surface area (Å²) in [5, 5.41) is 15.6.